The van der Waals surface area contributed by atoms with Crippen LogP contribution in [0.1, 0.15) is 25.3 Å². The number of amides is 1. The number of nitro benzene ring substituents is 1. The first kappa shape index (κ1) is 25.8. The number of likely N-dealkylation sites (tertiary alicyclic amines) is 1. The van der Waals surface area contributed by atoms with E-state index in [2.05, 4.69) is 9.80 Å². The summed E-state index contributed by atoms with van der Waals surface area (Å²) in [5.74, 6) is -0.201. The molecule has 0 saturated carbocycles. The zero-order valence-electron chi connectivity index (χ0n) is 21.9. The maximum absolute atomic E-state index is 14.1. The van der Waals surface area contributed by atoms with E-state index in [-0.39, 0.29) is 29.5 Å². The van der Waals surface area contributed by atoms with Gasteiger partial charge in [-0.2, -0.15) is 0 Å². The van der Waals surface area contributed by atoms with Crippen molar-refractivity contribution in [2.75, 3.05) is 56.2 Å². The maximum atomic E-state index is 14.1. The normalized spacial score (nSPS) is 22.8. The van der Waals surface area contributed by atoms with Gasteiger partial charge in [0, 0.05) is 50.5 Å². The first-order chi connectivity index (χ1) is 18.4. The van der Waals surface area contributed by atoms with Crippen LogP contribution in [0.3, 0.4) is 0 Å². The summed E-state index contributed by atoms with van der Waals surface area (Å²) in [5.41, 5.74) is 2.78. The van der Waals surface area contributed by atoms with Crippen molar-refractivity contribution >= 4 is 28.9 Å². The van der Waals surface area contributed by atoms with Crippen LogP contribution in [0.5, 0.6) is 5.75 Å². The van der Waals surface area contributed by atoms with Gasteiger partial charge in [-0.3, -0.25) is 19.7 Å². The summed E-state index contributed by atoms with van der Waals surface area (Å²) in [5, 5.41) is 11.5. The lowest BCUT2D eigenvalue weighted by Gasteiger charge is -2.50. The summed E-state index contributed by atoms with van der Waals surface area (Å²) in [7, 11) is 1.65. The number of hydrogen-bond donors (Lipinski definition) is 0. The minimum atomic E-state index is -0.400. The smallest absolute Gasteiger partial charge is 0.310 e. The second-order valence-corrected chi connectivity index (χ2v) is 10.1. The van der Waals surface area contributed by atoms with Gasteiger partial charge in [0.25, 0.3) is 5.69 Å². The second kappa shape index (κ2) is 10.9. The van der Waals surface area contributed by atoms with Gasteiger partial charge < -0.3 is 24.2 Å². The summed E-state index contributed by atoms with van der Waals surface area (Å²) in [4.78, 5) is 44.0. The molecule has 2 fully saturated rings. The number of carbonyl (C=O) groups excluding carboxylic acids is 2. The fraction of sp³-hybridized carbons (Fsp3) is 0.500. The van der Waals surface area contributed by atoms with Gasteiger partial charge in [0.1, 0.15) is 5.75 Å². The molecule has 3 aliphatic heterocycles. The minimum absolute atomic E-state index is 0.00645. The fourth-order valence-electron chi connectivity index (χ4n) is 6.18. The molecule has 0 N–H and O–H groups in total. The standard InChI is InChI=1S/C28H34N4O6/c1-3-38-28(34)19-7-6-12-30(17-19)27(33)22-16-20-15-21(32(35)36)10-11-23(20)31-14-13-29(18-25(22)31)24-8-4-5-9-26(24)37-2/h4-5,8-11,15,19,22,25H,3,6-7,12-14,16-18H2,1-2H3. The van der Waals surface area contributed by atoms with Gasteiger partial charge in [-0.25, -0.2) is 0 Å². The molecule has 38 heavy (non-hydrogen) atoms. The van der Waals surface area contributed by atoms with Crippen LogP contribution in [0, 0.1) is 22.0 Å². The summed E-state index contributed by atoms with van der Waals surface area (Å²) < 4.78 is 10.9. The molecular formula is C28H34N4O6. The molecule has 202 valence electrons. The van der Waals surface area contributed by atoms with Crippen LogP contribution in [0.15, 0.2) is 42.5 Å². The Balaban J connectivity index is 1.46. The third-order valence-electron chi connectivity index (χ3n) is 8.00. The number of nitrogens with zero attached hydrogens (tertiary/aromatic N) is 4. The Hall–Kier alpha value is -3.82. The Bertz CT molecular complexity index is 1220. The summed E-state index contributed by atoms with van der Waals surface area (Å²) in [6.07, 6.45) is 1.86. The van der Waals surface area contributed by atoms with E-state index < -0.39 is 10.8 Å². The molecule has 0 aliphatic carbocycles. The van der Waals surface area contributed by atoms with E-state index in [4.69, 9.17) is 9.47 Å². The molecule has 0 radical (unpaired) electrons. The van der Waals surface area contributed by atoms with Crippen LogP contribution >= 0.6 is 0 Å². The van der Waals surface area contributed by atoms with Gasteiger partial charge in [0.05, 0.1) is 42.2 Å². The van der Waals surface area contributed by atoms with Crippen molar-refractivity contribution in [1.82, 2.24) is 4.90 Å². The fourth-order valence-corrected chi connectivity index (χ4v) is 6.18. The molecule has 10 heteroatoms. The highest BCUT2D eigenvalue weighted by molar-refractivity contribution is 5.84. The zero-order chi connectivity index (χ0) is 26.8. The predicted molar refractivity (Wildman–Crippen MR) is 143 cm³/mol. The second-order valence-electron chi connectivity index (χ2n) is 10.1. The molecular weight excluding hydrogens is 488 g/mol. The number of rotatable bonds is 6. The Kier molecular flexibility index (Phi) is 7.40. The van der Waals surface area contributed by atoms with E-state index >= 15 is 0 Å². The summed E-state index contributed by atoms with van der Waals surface area (Å²) in [6.45, 7) is 5.05. The van der Waals surface area contributed by atoms with Gasteiger partial charge in [-0.1, -0.05) is 12.1 Å². The molecule has 2 aromatic carbocycles. The number of methoxy groups -OCH3 is 1. The predicted octanol–water partition coefficient (Wildman–Crippen LogP) is 3.27. The highest BCUT2D eigenvalue weighted by atomic mass is 16.6. The number of anilines is 2. The average Bonchev–Trinajstić information content (AvgIpc) is 2.95. The van der Waals surface area contributed by atoms with E-state index in [0.717, 1.165) is 35.7 Å². The van der Waals surface area contributed by atoms with E-state index in [1.165, 1.54) is 0 Å². The molecule has 0 spiro atoms. The van der Waals surface area contributed by atoms with E-state index in [1.807, 2.05) is 30.3 Å². The van der Waals surface area contributed by atoms with Gasteiger partial charge in [0.15, 0.2) is 0 Å². The number of hydrogen-bond acceptors (Lipinski definition) is 8. The monoisotopic (exact) mass is 522 g/mol. The van der Waals surface area contributed by atoms with E-state index in [9.17, 15) is 19.7 Å². The number of piperidine rings is 1. The molecule has 0 bridgehead atoms. The first-order valence-corrected chi connectivity index (χ1v) is 13.3. The highest BCUT2D eigenvalue weighted by Crippen LogP contribution is 2.40. The van der Waals surface area contributed by atoms with Crippen molar-refractivity contribution in [1.29, 1.82) is 0 Å². The number of piperazine rings is 1. The van der Waals surface area contributed by atoms with Crippen molar-refractivity contribution in [3.8, 4) is 5.75 Å². The average molecular weight is 523 g/mol. The Morgan fingerprint density at radius 2 is 1.89 bits per heavy atom. The van der Waals surface area contributed by atoms with Gasteiger partial charge in [-0.05, 0) is 49.9 Å². The van der Waals surface area contributed by atoms with Crippen molar-refractivity contribution in [2.24, 2.45) is 11.8 Å². The molecule has 1 amide bonds. The quantitative estimate of drug-likeness (QED) is 0.323. The lowest BCUT2D eigenvalue weighted by Crippen LogP contribution is -2.62. The molecule has 10 nitrogen and oxygen atoms in total. The number of carbonyl (C=O) groups is 2. The number of non-ortho nitro benzene ring substituents is 1. The molecule has 3 unspecified atom stereocenters. The Morgan fingerprint density at radius 1 is 1.08 bits per heavy atom. The Labute approximate surface area is 222 Å². The van der Waals surface area contributed by atoms with Gasteiger partial charge in [-0.15, -0.1) is 0 Å². The molecule has 3 atom stereocenters. The molecule has 5 rings (SSSR count). The summed E-state index contributed by atoms with van der Waals surface area (Å²) >= 11 is 0. The largest absolute Gasteiger partial charge is 0.495 e. The molecule has 0 aromatic heterocycles. The lowest BCUT2D eigenvalue weighted by molar-refractivity contribution is -0.384. The van der Waals surface area contributed by atoms with Gasteiger partial charge >= 0.3 is 5.97 Å². The van der Waals surface area contributed by atoms with Crippen molar-refractivity contribution in [2.45, 2.75) is 32.2 Å². The van der Waals surface area contributed by atoms with Gasteiger partial charge in [0.2, 0.25) is 5.91 Å². The molecule has 3 heterocycles. The molecule has 2 saturated heterocycles. The van der Waals surface area contributed by atoms with Crippen LogP contribution in [0.4, 0.5) is 17.1 Å². The van der Waals surface area contributed by atoms with Crippen LogP contribution in [-0.2, 0) is 20.7 Å². The maximum Gasteiger partial charge on any atom is 0.310 e. The summed E-state index contributed by atoms with van der Waals surface area (Å²) in [6, 6.07) is 12.7. The van der Waals surface area contributed by atoms with Crippen molar-refractivity contribution < 1.29 is 24.0 Å². The van der Waals surface area contributed by atoms with E-state index in [1.54, 1.807) is 31.1 Å². The minimum Gasteiger partial charge on any atom is -0.495 e. The van der Waals surface area contributed by atoms with E-state index in [0.29, 0.717) is 45.6 Å². The van der Waals surface area contributed by atoms with Crippen LogP contribution < -0.4 is 14.5 Å². The van der Waals surface area contributed by atoms with Crippen LogP contribution in [0.25, 0.3) is 0 Å². The Morgan fingerprint density at radius 3 is 2.66 bits per heavy atom. The third kappa shape index (κ3) is 4.87. The number of para-hydroxylation sites is 2. The highest BCUT2D eigenvalue weighted by Gasteiger charge is 2.44. The van der Waals surface area contributed by atoms with Crippen molar-refractivity contribution in [3.63, 3.8) is 0 Å². The number of fused-ring (bicyclic) bond motifs is 3. The topological polar surface area (TPSA) is 105 Å². The number of benzene rings is 2. The molecule has 2 aromatic rings. The number of ether oxygens (including phenoxy) is 2. The number of nitro groups is 1. The van der Waals surface area contributed by atoms with Crippen molar-refractivity contribution in [3.05, 3.63) is 58.1 Å². The van der Waals surface area contributed by atoms with Crippen LogP contribution in [-0.4, -0.2) is 74.2 Å². The third-order valence-corrected chi connectivity index (χ3v) is 8.00. The molecule has 3 aliphatic rings. The zero-order valence-corrected chi connectivity index (χ0v) is 21.9. The first-order valence-electron chi connectivity index (χ1n) is 13.3. The van der Waals surface area contributed by atoms with Crippen LogP contribution in [0.2, 0.25) is 0 Å². The lowest BCUT2D eigenvalue weighted by atomic mass is 9.82. The number of esters is 1. The SMILES string of the molecule is CCOC(=O)C1CCCN(C(=O)C2Cc3cc([N+](=O)[O-])ccc3N3CCN(c4ccccc4OC)CC23)C1.